The molecule has 1 aromatic heterocycles. The lowest BCUT2D eigenvalue weighted by Gasteiger charge is -2.08. The lowest BCUT2D eigenvalue weighted by atomic mass is 10.1. The SMILES string of the molecule is O=C(Nc1nccs1)/C(=N/OCc1ccccc1)c1ccc(SC2CC2)cc1. The van der Waals surface area contributed by atoms with E-state index in [4.69, 9.17) is 4.84 Å². The number of aromatic nitrogens is 1. The molecule has 5 nitrogen and oxygen atoms in total. The second-order valence-electron chi connectivity index (χ2n) is 6.33. The lowest BCUT2D eigenvalue weighted by Crippen LogP contribution is -2.24. The van der Waals surface area contributed by atoms with Gasteiger partial charge in [0.1, 0.15) is 6.61 Å². The number of carbonyl (C=O) groups excluding carboxylic acids is 1. The largest absolute Gasteiger partial charge is 0.390 e. The van der Waals surface area contributed by atoms with Crippen molar-refractivity contribution in [3.63, 3.8) is 0 Å². The average molecular weight is 410 g/mol. The van der Waals surface area contributed by atoms with E-state index in [0.717, 1.165) is 10.8 Å². The highest BCUT2D eigenvalue weighted by molar-refractivity contribution is 8.00. The van der Waals surface area contributed by atoms with Gasteiger partial charge in [0.05, 0.1) is 0 Å². The second kappa shape index (κ2) is 9.03. The van der Waals surface area contributed by atoms with Crippen LogP contribution >= 0.6 is 23.1 Å². The van der Waals surface area contributed by atoms with E-state index >= 15 is 0 Å². The molecule has 0 radical (unpaired) electrons. The van der Waals surface area contributed by atoms with Gasteiger partial charge >= 0.3 is 0 Å². The van der Waals surface area contributed by atoms with Crippen molar-refractivity contribution in [2.45, 2.75) is 29.6 Å². The van der Waals surface area contributed by atoms with Gasteiger partial charge in [0.2, 0.25) is 0 Å². The van der Waals surface area contributed by atoms with Crippen LogP contribution in [0.2, 0.25) is 0 Å². The summed E-state index contributed by atoms with van der Waals surface area (Å²) in [5.41, 5.74) is 1.93. The van der Waals surface area contributed by atoms with Gasteiger partial charge in [-0.25, -0.2) is 4.98 Å². The number of benzene rings is 2. The standard InChI is InChI=1S/C21H19N3O2S2/c25-20(23-21-22-12-13-27-21)19(24-26-14-15-4-2-1-3-5-15)16-6-8-17(9-7-16)28-18-10-11-18/h1-9,12-13,18H,10-11,14H2,(H,22,23,25)/b24-19+. The van der Waals surface area contributed by atoms with Crippen molar-refractivity contribution in [1.82, 2.24) is 4.98 Å². The predicted octanol–water partition coefficient (Wildman–Crippen LogP) is 4.96. The highest BCUT2D eigenvalue weighted by atomic mass is 32.2. The van der Waals surface area contributed by atoms with Crippen LogP contribution in [-0.2, 0) is 16.2 Å². The summed E-state index contributed by atoms with van der Waals surface area (Å²) in [6.45, 7) is 0.296. The van der Waals surface area contributed by atoms with Gasteiger partial charge in [0, 0.05) is 27.3 Å². The summed E-state index contributed by atoms with van der Waals surface area (Å²) in [5.74, 6) is -0.342. The van der Waals surface area contributed by atoms with Crippen LogP contribution in [0.5, 0.6) is 0 Å². The van der Waals surface area contributed by atoms with E-state index in [1.165, 1.54) is 29.1 Å². The molecule has 1 amide bonds. The number of amides is 1. The Balaban J connectivity index is 1.51. The average Bonchev–Trinajstić information content (AvgIpc) is 3.39. The third-order valence-corrected chi connectivity index (χ3v) is 6.09. The Labute approximate surface area is 171 Å². The molecule has 1 saturated carbocycles. The van der Waals surface area contributed by atoms with E-state index in [-0.39, 0.29) is 11.6 Å². The molecule has 0 atom stereocenters. The maximum atomic E-state index is 12.8. The van der Waals surface area contributed by atoms with Gasteiger partial charge in [-0.1, -0.05) is 47.6 Å². The van der Waals surface area contributed by atoms with Crippen molar-refractivity contribution in [1.29, 1.82) is 0 Å². The van der Waals surface area contributed by atoms with Crippen LogP contribution < -0.4 is 5.32 Å². The minimum atomic E-state index is -0.342. The fourth-order valence-electron chi connectivity index (χ4n) is 2.48. The van der Waals surface area contributed by atoms with E-state index < -0.39 is 0 Å². The molecule has 7 heteroatoms. The molecular weight excluding hydrogens is 390 g/mol. The fourth-order valence-corrected chi connectivity index (χ4v) is 4.06. The monoisotopic (exact) mass is 409 g/mol. The zero-order chi connectivity index (χ0) is 19.2. The van der Waals surface area contributed by atoms with E-state index in [0.29, 0.717) is 17.3 Å². The molecule has 0 saturated heterocycles. The van der Waals surface area contributed by atoms with E-state index in [1.54, 1.807) is 6.20 Å². The van der Waals surface area contributed by atoms with Gasteiger partial charge in [0.25, 0.3) is 5.91 Å². The Kier molecular flexibility index (Phi) is 6.04. The first-order chi connectivity index (χ1) is 13.8. The maximum absolute atomic E-state index is 12.8. The quantitative estimate of drug-likeness (QED) is 0.422. The summed E-state index contributed by atoms with van der Waals surface area (Å²) in [6, 6.07) is 17.6. The molecule has 3 aromatic rings. The molecule has 0 aliphatic heterocycles. The van der Waals surface area contributed by atoms with Crippen LogP contribution in [0.3, 0.4) is 0 Å². The van der Waals surface area contributed by atoms with E-state index in [2.05, 4.69) is 15.5 Å². The Morgan fingerprint density at radius 1 is 1.18 bits per heavy atom. The number of carbonyl (C=O) groups is 1. The highest BCUT2D eigenvalue weighted by Gasteiger charge is 2.23. The number of oxime groups is 1. The van der Waals surface area contributed by atoms with E-state index in [9.17, 15) is 4.79 Å². The first-order valence-electron chi connectivity index (χ1n) is 9.00. The van der Waals surface area contributed by atoms with Gasteiger partial charge in [-0.05, 0) is 30.5 Å². The summed E-state index contributed by atoms with van der Waals surface area (Å²) < 4.78 is 0. The lowest BCUT2D eigenvalue weighted by molar-refractivity contribution is -0.110. The molecule has 0 bridgehead atoms. The van der Waals surface area contributed by atoms with Crippen molar-refractivity contribution in [3.8, 4) is 0 Å². The van der Waals surface area contributed by atoms with Crippen LogP contribution in [0.1, 0.15) is 24.0 Å². The summed E-state index contributed by atoms with van der Waals surface area (Å²) >= 11 is 3.24. The molecule has 1 aliphatic rings. The minimum absolute atomic E-state index is 0.231. The zero-order valence-corrected chi connectivity index (χ0v) is 16.7. The minimum Gasteiger partial charge on any atom is -0.390 e. The Morgan fingerprint density at radius 2 is 1.96 bits per heavy atom. The highest BCUT2D eigenvalue weighted by Crippen LogP contribution is 2.39. The summed E-state index contributed by atoms with van der Waals surface area (Å²) in [6.07, 6.45) is 4.21. The molecule has 0 spiro atoms. The molecule has 1 N–H and O–H groups in total. The number of nitrogens with one attached hydrogen (secondary N) is 1. The molecule has 2 aromatic carbocycles. The van der Waals surface area contributed by atoms with Gasteiger partial charge in [0.15, 0.2) is 10.8 Å². The van der Waals surface area contributed by atoms with Crippen LogP contribution in [0.4, 0.5) is 5.13 Å². The Bertz CT molecular complexity index is 938. The smallest absolute Gasteiger partial charge is 0.280 e. The van der Waals surface area contributed by atoms with Crippen molar-refractivity contribution >= 4 is 39.8 Å². The molecule has 4 rings (SSSR count). The normalized spacial score (nSPS) is 13.9. The molecule has 1 aliphatic carbocycles. The van der Waals surface area contributed by atoms with Gasteiger partial charge < -0.3 is 4.84 Å². The van der Waals surface area contributed by atoms with Crippen molar-refractivity contribution in [3.05, 3.63) is 77.3 Å². The maximum Gasteiger partial charge on any atom is 0.280 e. The van der Waals surface area contributed by atoms with Crippen molar-refractivity contribution < 1.29 is 9.63 Å². The molecule has 142 valence electrons. The van der Waals surface area contributed by atoms with E-state index in [1.807, 2.05) is 71.7 Å². The van der Waals surface area contributed by atoms with Crippen molar-refractivity contribution in [2.24, 2.45) is 5.16 Å². The third kappa shape index (κ3) is 5.21. The number of nitrogens with zero attached hydrogens (tertiary/aromatic N) is 2. The van der Waals surface area contributed by atoms with Gasteiger partial charge in [-0.15, -0.1) is 23.1 Å². The fraction of sp³-hybridized carbons (Fsp3) is 0.190. The first kappa shape index (κ1) is 18.7. The molecule has 0 unspecified atom stereocenters. The third-order valence-electron chi connectivity index (χ3n) is 4.05. The molecule has 1 heterocycles. The number of rotatable bonds is 8. The van der Waals surface area contributed by atoms with Crippen molar-refractivity contribution in [2.75, 3.05) is 5.32 Å². The van der Waals surface area contributed by atoms with Crippen LogP contribution in [0.25, 0.3) is 0 Å². The number of thiazole rings is 1. The number of hydrogen-bond acceptors (Lipinski definition) is 6. The molecule has 28 heavy (non-hydrogen) atoms. The second-order valence-corrected chi connectivity index (χ2v) is 8.60. The topological polar surface area (TPSA) is 63.6 Å². The predicted molar refractivity (Wildman–Crippen MR) is 114 cm³/mol. The molecular formula is C21H19N3O2S2. The number of thioether (sulfide) groups is 1. The zero-order valence-electron chi connectivity index (χ0n) is 15.1. The number of anilines is 1. The summed E-state index contributed by atoms with van der Waals surface area (Å²) in [5, 5.41) is 10.0. The van der Waals surface area contributed by atoms with Crippen LogP contribution in [0.15, 0.2) is 76.2 Å². The molecule has 1 fully saturated rings. The Hall–Kier alpha value is -2.64. The van der Waals surface area contributed by atoms with Gasteiger partial charge in [-0.3, -0.25) is 10.1 Å². The van der Waals surface area contributed by atoms with Gasteiger partial charge in [-0.2, -0.15) is 0 Å². The van der Waals surface area contributed by atoms with Crippen LogP contribution in [0, 0.1) is 0 Å². The number of hydrogen-bond donors (Lipinski definition) is 1. The summed E-state index contributed by atoms with van der Waals surface area (Å²) in [7, 11) is 0. The summed E-state index contributed by atoms with van der Waals surface area (Å²) in [4.78, 5) is 23.6. The Morgan fingerprint density at radius 3 is 2.64 bits per heavy atom. The van der Waals surface area contributed by atoms with Crippen LogP contribution in [-0.4, -0.2) is 21.9 Å². The first-order valence-corrected chi connectivity index (χ1v) is 10.8.